The van der Waals surface area contributed by atoms with Gasteiger partial charge in [-0.15, -0.1) is 0 Å². The Kier molecular flexibility index (Phi) is 6.81. The number of rotatable bonds is 6. The van der Waals surface area contributed by atoms with E-state index >= 15 is 0 Å². The highest BCUT2D eigenvalue weighted by atomic mass is 16.3. The molecule has 4 aliphatic rings. The van der Waals surface area contributed by atoms with Crippen LogP contribution in [0.3, 0.4) is 0 Å². The molecule has 0 heterocycles. The summed E-state index contributed by atoms with van der Waals surface area (Å²) in [6.07, 6.45) is 11.1. The quantitative estimate of drug-likeness (QED) is 0.557. The van der Waals surface area contributed by atoms with E-state index in [2.05, 4.69) is 33.0 Å². The van der Waals surface area contributed by atoms with Gasteiger partial charge in [-0.05, 0) is 111 Å². The molecule has 0 aromatic carbocycles. The van der Waals surface area contributed by atoms with Crippen molar-refractivity contribution in [3.8, 4) is 0 Å². The highest BCUT2D eigenvalue weighted by Crippen LogP contribution is 2.68. The van der Waals surface area contributed by atoms with Crippen molar-refractivity contribution in [2.45, 2.75) is 111 Å². The molecule has 0 aromatic rings. The molecule has 10 atom stereocenters. The standard InChI is InChI=1S/C27H47NO3/c1-5-14-28-25(31)9-6-17(2)20-7-8-21-19-16-24(30)23-15-18(29)10-12-27(23,4)22(19)11-13-26(20,21)3/h17-24,29-30H,5-16H2,1-4H3,(H,28,31)/t17-,18-,19?,20?,21?,22?,23?,24+,26?,27?/m1/s1. The number of hydrogen-bond donors (Lipinski definition) is 3. The van der Waals surface area contributed by atoms with Crippen molar-refractivity contribution in [2.75, 3.05) is 6.54 Å². The number of carbonyl (C=O) groups excluding carboxylic acids is 1. The van der Waals surface area contributed by atoms with Crippen molar-refractivity contribution in [1.82, 2.24) is 5.32 Å². The van der Waals surface area contributed by atoms with E-state index in [4.69, 9.17) is 0 Å². The van der Waals surface area contributed by atoms with Gasteiger partial charge in [-0.1, -0.05) is 27.7 Å². The second-order valence-corrected chi connectivity index (χ2v) is 12.3. The number of fused-ring (bicyclic) bond motifs is 5. The van der Waals surface area contributed by atoms with Crippen molar-refractivity contribution < 1.29 is 15.0 Å². The summed E-state index contributed by atoms with van der Waals surface area (Å²) in [7, 11) is 0. The average molecular weight is 434 g/mol. The van der Waals surface area contributed by atoms with Gasteiger partial charge >= 0.3 is 0 Å². The molecule has 0 spiro atoms. The molecule has 0 aromatic heterocycles. The molecule has 0 bridgehead atoms. The third-order valence-corrected chi connectivity index (χ3v) is 10.8. The molecule has 4 rings (SSSR count). The van der Waals surface area contributed by atoms with Gasteiger partial charge in [0.2, 0.25) is 5.91 Å². The maximum Gasteiger partial charge on any atom is 0.220 e. The Morgan fingerprint density at radius 3 is 2.45 bits per heavy atom. The Morgan fingerprint density at radius 2 is 1.71 bits per heavy atom. The van der Waals surface area contributed by atoms with Crippen molar-refractivity contribution in [2.24, 2.45) is 46.3 Å². The fourth-order valence-electron chi connectivity index (χ4n) is 9.17. The van der Waals surface area contributed by atoms with E-state index in [0.29, 0.717) is 41.4 Å². The number of aliphatic hydroxyl groups is 2. The summed E-state index contributed by atoms with van der Waals surface area (Å²) in [6, 6.07) is 0. The minimum Gasteiger partial charge on any atom is -0.393 e. The van der Waals surface area contributed by atoms with Gasteiger partial charge in [0.1, 0.15) is 0 Å². The van der Waals surface area contributed by atoms with Crippen LogP contribution in [0.5, 0.6) is 0 Å². The molecule has 4 heteroatoms. The minimum absolute atomic E-state index is 0.198. The third-order valence-electron chi connectivity index (χ3n) is 10.8. The van der Waals surface area contributed by atoms with E-state index in [1.807, 2.05) is 0 Å². The molecule has 1 amide bonds. The topological polar surface area (TPSA) is 69.6 Å². The monoisotopic (exact) mass is 433 g/mol. The summed E-state index contributed by atoms with van der Waals surface area (Å²) in [5.41, 5.74) is 0.557. The SMILES string of the molecule is CCCNC(=O)CC[C@@H](C)C1CCC2C3C[C@H](O)C4C[C@H](O)CCC4(C)C3CCC21C. The molecule has 0 radical (unpaired) electrons. The number of nitrogens with one attached hydrogen (secondary N) is 1. The third kappa shape index (κ3) is 4.09. The largest absolute Gasteiger partial charge is 0.393 e. The minimum atomic E-state index is -0.248. The molecule has 31 heavy (non-hydrogen) atoms. The molecule has 0 saturated heterocycles. The van der Waals surface area contributed by atoms with Gasteiger partial charge in [0, 0.05) is 13.0 Å². The molecule has 4 nitrogen and oxygen atoms in total. The number of aliphatic hydroxyl groups excluding tert-OH is 2. The van der Waals surface area contributed by atoms with Crippen molar-refractivity contribution >= 4 is 5.91 Å². The van der Waals surface area contributed by atoms with Gasteiger partial charge in [-0.25, -0.2) is 0 Å². The number of carbonyl (C=O) groups is 1. The van der Waals surface area contributed by atoms with Crippen LogP contribution >= 0.6 is 0 Å². The van der Waals surface area contributed by atoms with Gasteiger partial charge in [0.25, 0.3) is 0 Å². The van der Waals surface area contributed by atoms with E-state index in [0.717, 1.165) is 45.1 Å². The fraction of sp³-hybridized carbons (Fsp3) is 0.963. The molecular weight excluding hydrogens is 386 g/mol. The summed E-state index contributed by atoms with van der Waals surface area (Å²) < 4.78 is 0. The van der Waals surface area contributed by atoms with Crippen LogP contribution in [0.4, 0.5) is 0 Å². The molecule has 7 unspecified atom stereocenters. The van der Waals surface area contributed by atoms with Crippen LogP contribution in [0, 0.1) is 46.3 Å². The molecule has 178 valence electrons. The predicted molar refractivity (Wildman–Crippen MR) is 124 cm³/mol. The normalized spacial score (nSPS) is 47.7. The summed E-state index contributed by atoms with van der Waals surface area (Å²) in [5, 5.41) is 24.5. The van der Waals surface area contributed by atoms with E-state index in [9.17, 15) is 15.0 Å². The lowest BCUT2D eigenvalue weighted by Crippen LogP contribution is -2.58. The lowest BCUT2D eigenvalue weighted by molar-refractivity contribution is -0.172. The molecular formula is C27H47NO3. The smallest absolute Gasteiger partial charge is 0.220 e. The molecule has 4 aliphatic carbocycles. The zero-order valence-electron chi connectivity index (χ0n) is 20.4. The van der Waals surface area contributed by atoms with Crippen LogP contribution in [0.2, 0.25) is 0 Å². The Hall–Kier alpha value is -0.610. The Balaban J connectivity index is 1.45. The highest BCUT2D eigenvalue weighted by molar-refractivity contribution is 5.75. The second kappa shape index (κ2) is 8.97. The first-order valence-corrected chi connectivity index (χ1v) is 13.3. The van der Waals surface area contributed by atoms with Crippen molar-refractivity contribution in [3.63, 3.8) is 0 Å². The van der Waals surface area contributed by atoms with E-state index in [-0.39, 0.29) is 29.4 Å². The van der Waals surface area contributed by atoms with Gasteiger partial charge < -0.3 is 15.5 Å². The van der Waals surface area contributed by atoms with Crippen LogP contribution in [-0.2, 0) is 4.79 Å². The van der Waals surface area contributed by atoms with Gasteiger partial charge in [0.15, 0.2) is 0 Å². The number of amides is 1. The van der Waals surface area contributed by atoms with Gasteiger partial charge in [-0.3, -0.25) is 4.79 Å². The summed E-state index contributed by atoms with van der Waals surface area (Å²) in [4.78, 5) is 12.1. The van der Waals surface area contributed by atoms with E-state index in [1.54, 1.807) is 0 Å². The first-order chi connectivity index (χ1) is 14.7. The lowest BCUT2D eigenvalue weighted by atomic mass is 9.44. The van der Waals surface area contributed by atoms with Crippen molar-refractivity contribution in [1.29, 1.82) is 0 Å². The number of hydrogen-bond acceptors (Lipinski definition) is 3. The lowest BCUT2D eigenvalue weighted by Gasteiger charge is -2.62. The van der Waals surface area contributed by atoms with Crippen LogP contribution < -0.4 is 5.32 Å². The summed E-state index contributed by atoms with van der Waals surface area (Å²) >= 11 is 0. The first kappa shape index (κ1) is 23.5. The van der Waals surface area contributed by atoms with Gasteiger partial charge in [-0.2, -0.15) is 0 Å². The summed E-state index contributed by atoms with van der Waals surface area (Å²) in [6.45, 7) is 10.3. The Bertz CT molecular complexity index is 652. The summed E-state index contributed by atoms with van der Waals surface area (Å²) in [5.74, 6) is 3.84. The van der Waals surface area contributed by atoms with E-state index < -0.39 is 0 Å². The first-order valence-electron chi connectivity index (χ1n) is 13.3. The molecule has 4 saturated carbocycles. The second-order valence-electron chi connectivity index (χ2n) is 12.3. The average Bonchev–Trinajstić information content (AvgIpc) is 3.09. The van der Waals surface area contributed by atoms with Crippen LogP contribution in [0.15, 0.2) is 0 Å². The Labute approximate surface area is 190 Å². The van der Waals surface area contributed by atoms with Crippen LogP contribution in [0.25, 0.3) is 0 Å². The Morgan fingerprint density at radius 1 is 1.00 bits per heavy atom. The zero-order chi connectivity index (χ0) is 22.4. The maximum atomic E-state index is 12.1. The van der Waals surface area contributed by atoms with Gasteiger partial charge in [0.05, 0.1) is 12.2 Å². The fourth-order valence-corrected chi connectivity index (χ4v) is 9.17. The van der Waals surface area contributed by atoms with Crippen molar-refractivity contribution in [3.05, 3.63) is 0 Å². The van der Waals surface area contributed by atoms with E-state index in [1.165, 1.54) is 25.7 Å². The maximum absolute atomic E-state index is 12.1. The van der Waals surface area contributed by atoms with Crippen LogP contribution in [0.1, 0.15) is 98.3 Å². The predicted octanol–water partition coefficient (Wildman–Crippen LogP) is 4.92. The molecule has 4 fully saturated rings. The molecule has 0 aliphatic heterocycles. The zero-order valence-corrected chi connectivity index (χ0v) is 20.4. The molecule has 3 N–H and O–H groups in total. The highest BCUT2D eigenvalue weighted by Gasteiger charge is 2.62. The van der Waals surface area contributed by atoms with Crippen LogP contribution in [-0.4, -0.2) is 34.9 Å².